The fraction of sp³-hybridized carbons (Fsp3) is 0.941. The van der Waals surface area contributed by atoms with E-state index < -0.39 is 0 Å². The fourth-order valence-electron chi connectivity index (χ4n) is 2.78. The Morgan fingerprint density at radius 1 is 1.05 bits per heavy atom. The molecule has 1 aliphatic heterocycles. The molecule has 0 radical (unpaired) electrons. The quantitative estimate of drug-likeness (QED) is 0.370. The molecule has 1 aliphatic rings. The second-order valence-electron chi connectivity index (χ2n) is 6.08. The van der Waals surface area contributed by atoms with Crippen molar-refractivity contribution in [2.75, 3.05) is 39.3 Å². The van der Waals surface area contributed by atoms with Gasteiger partial charge in [0.25, 0.3) is 0 Å². The van der Waals surface area contributed by atoms with Crippen molar-refractivity contribution in [3.05, 3.63) is 0 Å². The SMILES string of the molecule is CCNC(=NCC(CC)CC)NCCCCN1CCCC1. The molecule has 1 heterocycles. The molecule has 1 saturated heterocycles. The first-order valence-corrected chi connectivity index (χ1v) is 9.04. The van der Waals surface area contributed by atoms with Crippen molar-refractivity contribution in [1.82, 2.24) is 15.5 Å². The first kappa shape index (κ1) is 18.3. The summed E-state index contributed by atoms with van der Waals surface area (Å²) in [5, 5.41) is 6.82. The van der Waals surface area contributed by atoms with Crippen LogP contribution in [-0.2, 0) is 0 Å². The third-order valence-corrected chi connectivity index (χ3v) is 4.40. The highest BCUT2D eigenvalue weighted by Crippen LogP contribution is 2.08. The number of nitrogens with one attached hydrogen (secondary N) is 2. The molecule has 1 rings (SSSR count). The Kier molecular flexibility index (Phi) is 10.3. The van der Waals surface area contributed by atoms with Crippen LogP contribution < -0.4 is 10.6 Å². The first-order chi connectivity index (χ1) is 10.3. The van der Waals surface area contributed by atoms with Crippen LogP contribution in [0.5, 0.6) is 0 Å². The second-order valence-corrected chi connectivity index (χ2v) is 6.08. The largest absolute Gasteiger partial charge is 0.357 e. The lowest BCUT2D eigenvalue weighted by molar-refractivity contribution is 0.330. The van der Waals surface area contributed by atoms with E-state index in [4.69, 9.17) is 4.99 Å². The van der Waals surface area contributed by atoms with Crippen LogP contribution in [0, 0.1) is 5.92 Å². The van der Waals surface area contributed by atoms with Crippen LogP contribution in [0.4, 0.5) is 0 Å². The van der Waals surface area contributed by atoms with Crippen LogP contribution >= 0.6 is 0 Å². The Morgan fingerprint density at radius 3 is 2.38 bits per heavy atom. The molecule has 0 aromatic heterocycles. The lowest BCUT2D eigenvalue weighted by Crippen LogP contribution is -2.38. The summed E-state index contributed by atoms with van der Waals surface area (Å²) in [6.45, 7) is 13.4. The van der Waals surface area contributed by atoms with E-state index in [9.17, 15) is 0 Å². The summed E-state index contributed by atoms with van der Waals surface area (Å²) in [5.41, 5.74) is 0. The number of nitrogens with zero attached hydrogens (tertiary/aromatic N) is 2. The molecule has 0 aromatic carbocycles. The highest BCUT2D eigenvalue weighted by molar-refractivity contribution is 5.79. The van der Waals surface area contributed by atoms with Crippen molar-refractivity contribution in [2.24, 2.45) is 10.9 Å². The normalized spacial score (nSPS) is 16.7. The number of hydrogen-bond acceptors (Lipinski definition) is 2. The van der Waals surface area contributed by atoms with Crippen LogP contribution in [0.2, 0.25) is 0 Å². The average Bonchev–Trinajstić information content (AvgIpc) is 3.01. The molecule has 0 bridgehead atoms. The van der Waals surface area contributed by atoms with Crippen LogP contribution in [0.3, 0.4) is 0 Å². The summed E-state index contributed by atoms with van der Waals surface area (Å²) < 4.78 is 0. The molecule has 21 heavy (non-hydrogen) atoms. The number of aliphatic imine (C=N–C) groups is 1. The predicted octanol–water partition coefficient (Wildman–Crippen LogP) is 2.85. The van der Waals surface area contributed by atoms with Crippen molar-refractivity contribution in [3.63, 3.8) is 0 Å². The van der Waals surface area contributed by atoms with E-state index in [-0.39, 0.29) is 0 Å². The van der Waals surface area contributed by atoms with E-state index in [1.165, 1.54) is 58.2 Å². The van der Waals surface area contributed by atoms with Gasteiger partial charge in [-0.1, -0.05) is 26.7 Å². The van der Waals surface area contributed by atoms with Gasteiger partial charge in [0.2, 0.25) is 0 Å². The summed E-state index contributed by atoms with van der Waals surface area (Å²) in [6.07, 6.45) is 7.74. The Balaban J connectivity index is 2.15. The van der Waals surface area contributed by atoms with Gasteiger partial charge in [0.05, 0.1) is 0 Å². The first-order valence-electron chi connectivity index (χ1n) is 9.04. The average molecular weight is 297 g/mol. The molecule has 4 heteroatoms. The number of guanidine groups is 1. The third kappa shape index (κ3) is 8.30. The Hall–Kier alpha value is -0.770. The Labute approximate surface area is 131 Å². The summed E-state index contributed by atoms with van der Waals surface area (Å²) in [7, 11) is 0. The van der Waals surface area contributed by atoms with Gasteiger partial charge in [0.1, 0.15) is 0 Å². The molecule has 2 N–H and O–H groups in total. The molecule has 0 aromatic rings. The van der Waals surface area contributed by atoms with Crippen molar-refractivity contribution >= 4 is 5.96 Å². The van der Waals surface area contributed by atoms with Gasteiger partial charge < -0.3 is 15.5 Å². The highest BCUT2D eigenvalue weighted by Gasteiger charge is 2.10. The maximum Gasteiger partial charge on any atom is 0.191 e. The maximum absolute atomic E-state index is 4.71. The second kappa shape index (κ2) is 11.8. The zero-order valence-electron chi connectivity index (χ0n) is 14.5. The molecular formula is C17H36N4. The smallest absolute Gasteiger partial charge is 0.191 e. The van der Waals surface area contributed by atoms with E-state index in [2.05, 4.69) is 36.3 Å². The predicted molar refractivity (Wildman–Crippen MR) is 93.0 cm³/mol. The van der Waals surface area contributed by atoms with Crippen LogP contribution in [-0.4, -0.2) is 50.1 Å². The molecule has 0 amide bonds. The fourth-order valence-corrected chi connectivity index (χ4v) is 2.78. The number of unbranched alkanes of at least 4 members (excludes halogenated alkanes) is 1. The van der Waals surface area contributed by atoms with Gasteiger partial charge in [0, 0.05) is 19.6 Å². The summed E-state index contributed by atoms with van der Waals surface area (Å²) in [4.78, 5) is 7.30. The maximum atomic E-state index is 4.71. The lowest BCUT2D eigenvalue weighted by atomic mass is 10.0. The molecule has 0 saturated carbocycles. The summed E-state index contributed by atoms with van der Waals surface area (Å²) in [6, 6.07) is 0. The van der Waals surface area contributed by atoms with E-state index >= 15 is 0 Å². The molecule has 124 valence electrons. The van der Waals surface area contributed by atoms with Gasteiger partial charge in [-0.05, 0) is 58.2 Å². The van der Waals surface area contributed by atoms with Crippen molar-refractivity contribution < 1.29 is 0 Å². The van der Waals surface area contributed by atoms with Crippen molar-refractivity contribution in [3.8, 4) is 0 Å². The lowest BCUT2D eigenvalue weighted by Gasteiger charge is -2.16. The van der Waals surface area contributed by atoms with E-state index in [0.29, 0.717) is 0 Å². The molecule has 0 aliphatic carbocycles. The monoisotopic (exact) mass is 296 g/mol. The number of likely N-dealkylation sites (tertiary alicyclic amines) is 1. The topological polar surface area (TPSA) is 39.7 Å². The summed E-state index contributed by atoms with van der Waals surface area (Å²) >= 11 is 0. The van der Waals surface area contributed by atoms with Gasteiger partial charge in [-0.2, -0.15) is 0 Å². The molecule has 4 nitrogen and oxygen atoms in total. The van der Waals surface area contributed by atoms with Crippen molar-refractivity contribution in [1.29, 1.82) is 0 Å². The molecule has 0 atom stereocenters. The van der Waals surface area contributed by atoms with Gasteiger partial charge in [-0.15, -0.1) is 0 Å². The number of rotatable bonds is 10. The van der Waals surface area contributed by atoms with Gasteiger partial charge in [0.15, 0.2) is 5.96 Å². The summed E-state index contributed by atoms with van der Waals surface area (Å²) in [5.74, 6) is 1.71. The molecule has 0 spiro atoms. The minimum absolute atomic E-state index is 0.718. The minimum Gasteiger partial charge on any atom is -0.357 e. The Morgan fingerprint density at radius 2 is 1.76 bits per heavy atom. The van der Waals surface area contributed by atoms with Gasteiger partial charge in [-0.25, -0.2) is 0 Å². The van der Waals surface area contributed by atoms with E-state index in [1.807, 2.05) is 0 Å². The van der Waals surface area contributed by atoms with Gasteiger partial charge in [-0.3, -0.25) is 4.99 Å². The minimum atomic E-state index is 0.718. The van der Waals surface area contributed by atoms with Crippen LogP contribution in [0.15, 0.2) is 4.99 Å². The van der Waals surface area contributed by atoms with Crippen molar-refractivity contribution in [2.45, 2.75) is 59.3 Å². The highest BCUT2D eigenvalue weighted by atomic mass is 15.2. The van der Waals surface area contributed by atoms with E-state index in [1.54, 1.807) is 0 Å². The zero-order chi connectivity index (χ0) is 15.3. The molecule has 0 unspecified atom stereocenters. The molecule has 1 fully saturated rings. The standard InChI is InChI=1S/C17H36N4/c1-4-16(5-2)15-20-17(18-6-3)19-11-7-8-12-21-13-9-10-14-21/h16H,4-15H2,1-3H3,(H2,18,19,20). The third-order valence-electron chi connectivity index (χ3n) is 4.40. The molecular weight excluding hydrogens is 260 g/mol. The van der Waals surface area contributed by atoms with Gasteiger partial charge >= 0.3 is 0 Å². The zero-order valence-corrected chi connectivity index (χ0v) is 14.5. The van der Waals surface area contributed by atoms with E-state index in [0.717, 1.165) is 31.5 Å². The Bertz CT molecular complexity index is 268. The van der Waals surface area contributed by atoms with Crippen LogP contribution in [0.1, 0.15) is 59.3 Å². The number of hydrogen-bond donors (Lipinski definition) is 2. The van der Waals surface area contributed by atoms with Crippen LogP contribution in [0.25, 0.3) is 0 Å².